The van der Waals surface area contributed by atoms with Crippen LogP contribution in [-0.2, 0) is 4.74 Å². The van der Waals surface area contributed by atoms with E-state index in [0.29, 0.717) is 5.56 Å². The van der Waals surface area contributed by atoms with Crippen molar-refractivity contribution in [1.82, 2.24) is 0 Å². The second-order valence-corrected chi connectivity index (χ2v) is 5.40. The molecule has 0 aliphatic heterocycles. The van der Waals surface area contributed by atoms with Gasteiger partial charge in [-0.25, -0.2) is 4.79 Å². The number of para-hydroxylation sites is 2. The molecule has 0 N–H and O–H groups in total. The quantitative estimate of drug-likeness (QED) is 0.462. The van der Waals surface area contributed by atoms with Crippen molar-refractivity contribution >= 4 is 18.1 Å². The smallest absolute Gasteiger partial charge is 0.337 e. The highest BCUT2D eigenvalue weighted by Gasteiger charge is 2.04. The van der Waals surface area contributed by atoms with Crippen LogP contribution >= 0.6 is 0 Å². The molecule has 0 aromatic heterocycles. The summed E-state index contributed by atoms with van der Waals surface area (Å²) in [5, 5.41) is 0. The third-order valence-corrected chi connectivity index (χ3v) is 3.68. The van der Waals surface area contributed by atoms with Gasteiger partial charge < -0.3 is 9.47 Å². The molecule has 3 heteroatoms. The molecule has 0 heterocycles. The summed E-state index contributed by atoms with van der Waals surface area (Å²) in [7, 11) is 1.37. The molecule has 0 aliphatic carbocycles. The zero-order chi connectivity index (χ0) is 17.5. The van der Waals surface area contributed by atoms with E-state index >= 15 is 0 Å². The Morgan fingerprint density at radius 1 is 0.800 bits per heavy atom. The van der Waals surface area contributed by atoms with Gasteiger partial charge in [-0.05, 0) is 35.9 Å². The summed E-state index contributed by atoms with van der Waals surface area (Å²) in [6.45, 7) is 0. The van der Waals surface area contributed by atoms with E-state index in [1.807, 2.05) is 78.9 Å². The fourth-order valence-electron chi connectivity index (χ4n) is 2.36. The second kappa shape index (κ2) is 7.97. The molecule has 3 aromatic rings. The highest BCUT2D eigenvalue weighted by molar-refractivity contribution is 5.89. The minimum Gasteiger partial charge on any atom is -0.465 e. The number of methoxy groups -OCH3 is 1. The molecule has 0 spiro atoms. The molecule has 3 nitrogen and oxygen atoms in total. The first-order valence-corrected chi connectivity index (χ1v) is 7.94. The van der Waals surface area contributed by atoms with Crippen LogP contribution in [0.4, 0.5) is 0 Å². The van der Waals surface area contributed by atoms with Gasteiger partial charge >= 0.3 is 5.97 Å². The number of ether oxygens (including phenoxy) is 2. The van der Waals surface area contributed by atoms with Gasteiger partial charge in [0.1, 0.15) is 11.5 Å². The Morgan fingerprint density at radius 2 is 1.48 bits per heavy atom. The molecule has 0 unspecified atom stereocenters. The SMILES string of the molecule is COC(=O)c1ccc(/C=C/c2ccccc2Oc2ccccc2)cc1. The molecule has 0 saturated carbocycles. The van der Waals surface area contributed by atoms with E-state index in [1.54, 1.807) is 12.1 Å². The van der Waals surface area contributed by atoms with Crippen molar-refractivity contribution in [3.05, 3.63) is 95.6 Å². The van der Waals surface area contributed by atoms with Crippen molar-refractivity contribution < 1.29 is 14.3 Å². The van der Waals surface area contributed by atoms with E-state index in [-0.39, 0.29) is 5.97 Å². The lowest BCUT2D eigenvalue weighted by Crippen LogP contribution is -2.00. The summed E-state index contributed by atoms with van der Waals surface area (Å²) in [6.07, 6.45) is 3.97. The van der Waals surface area contributed by atoms with Gasteiger partial charge in [0.2, 0.25) is 0 Å². The maximum atomic E-state index is 11.5. The van der Waals surface area contributed by atoms with Crippen LogP contribution in [0.25, 0.3) is 12.2 Å². The third-order valence-electron chi connectivity index (χ3n) is 3.68. The Labute approximate surface area is 147 Å². The standard InChI is InChI=1S/C22H18O3/c1-24-22(23)19-15-12-17(13-16-19)11-14-18-7-5-6-10-21(18)25-20-8-3-2-4-9-20/h2-16H,1H3/b14-11+. The van der Waals surface area contributed by atoms with E-state index in [1.165, 1.54) is 7.11 Å². The molecule has 3 rings (SSSR count). The number of esters is 1. The molecule has 0 saturated heterocycles. The van der Waals surface area contributed by atoms with Crippen molar-refractivity contribution in [3.63, 3.8) is 0 Å². The van der Waals surface area contributed by atoms with Crippen molar-refractivity contribution in [3.8, 4) is 11.5 Å². The van der Waals surface area contributed by atoms with Crippen LogP contribution in [-0.4, -0.2) is 13.1 Å². The van der Waals surface area contributed by atoms with Gasteiger partial charge in [-0.15, -0.1) is 0 Å². The zero-order valence-electron chi connectivity index (χ0n) is 13.9. The highest BCUT2D eigenvalue weighted by Crippen LogP contribution is 2.26. The first-order valence-electron chi connectivity index (χ1n) is 7.94. The molecule has 0 amide bonds. The summed E-state index contributed by atoms with van der Waals surface area (Å²) < 4.78 is 10.7. The molecule has 0 fully saturated rings. The van der Waals surface area contributed by atoms with Crippen LogP contribution < -0.4 is 4.74 Å². The molecule has 0 bridgehead atoms. The van der Waals surface area contributed by atoms with Gasteiger partial charge in [0.15, 0.2) is 0 Å². The van der Waals surface area contributed by atoms with Gasteiger partial charge in [-0.1, -0.05) is 60.7 Å². The topological polar surface area (TPSA) is 35.5 Å². The Morgan fingerprint density at radius 3 is 2.20 bits per heavy atom. The summed E-state index contributed by atoms with van der Waals surface area (Å²) in [5.74, 6) is 1.25. The third kappa shape index (κ3) is 4.36. The molecule has 0 radical (unpaired) electrons. The van der Waals surface area contributed by atoms with Crippen molar-refractivity contribution in [2.24, 2.45) is 0 Å². The van der Waals surface area contributed by atoms with Crippen LogP contribution in [0.1, 0.15) is 21.5 Å². The number of benzene rings is 3. The molecule has 0 atom stereocenters. The lowest BCUT2D eigenvalue weighted by molar-refractivity contribution is 0.0600. The van der Waals surface area contributed by atoms with Gasteiger partial charge in [0.05, 0.1) is 12.7 Å². The highest BCUT2D eigenvalue weighted by atomic mass is 16.5. The van der Waals surface area contributed by atoms with E-state index in [0.717, 1.165) is 22.6 Å². The number of carbonyl (C=O) groups excluding carboxylic acids is 1. The summed E-state index contributed by atoms with van der Waals surface area (Å²) in [4.78, 5) is 11.5. The normalized spacial score (nSPS) is 10.6. The minimum absolute atomic E-state index is 0.336. The lowest BCUT2D eigenvalue weighted by Gasteiger charge is -2.08. The number of carbonyl (C=O) groups is 1. The maximum Gasteiger partial charge on any atom is 0.337 e. The summed E-state index contributed by atoms with van der Waals surface area (Å²) in [6, 6.07) is 24.8. The van der Waals surface area contributed by atoms with Crippen LogP contribution in [0.15, 0.2) is 78.9 Å². The monoisotopic (exact) mass is 330 g/mol. The van der Waals surface area contributed by atoms with E-state index in [4.69, 9.17) is 9.47 Å². The van der Waals surface area contributed by atoms with Crippen LogP contribution in [0.3, 0.4) is 0 Å². The Bertz CT molecular complexity index is 865. The molecule has 124 valence electrons. The first kappa shape index (κ1) is 16.5. The average Bonchev–Trinajstić information content (AvgIpc) is 2.68. The Balaban J connectivity index is 1.78. The van der Waals surface area contributed by atoms with Gasteiger partial charge in [0, 0.05) is 5.56 Å². The molecule has 25 heavy (non-hydrogen) atoms. The van der Waals surface area contributed by atoms with Crippen LogP contribution in [0.5, 0.6) is 11.5 Å². The summed E-state index contributed by atoms with van der Waals surface area (Å²) in [5.41, 5.74) is 2.50. The van der Waals surface area contributed by atoms with Crippen LogP contribution in [0.2, 0.25) is 0 Å². The van der Waals surface area contributed by atoms with Gasteiger partial charge in [-0.3, -0.25) is 0 Å². The Kier molecular flexibility index (Phi) is 5.27. The van der Waals surface area contributed by atoms with Crippen LogP contribution in [0, 0.1) is 0 Å². The number of hydrogen-bond donors (Lipinski definition) is 0. The lowest BCUT2D eigenvalue weighted by atomic mass is 10.1. The van der Waals surface area contributed by atoms with Crippen molar-refractivity contribution in [1.29, 1.82) is 0 Å². The van der Waals surface area contributed by atoms with Gasteiger partial charge in [-0.2, -0.15) is 0 Å². The van der Waals surface area contributed by atoms with Gasteiger partial charge in [0.25, 0.3) is 0 Å². The predicted molar refractivity (Wildman–Crippen MR) is 99.7 cm³/mol. The van der Waals surface area contributed by atoms with E-state index < -0.39 is 0 Å². The minimum atomic E-state index is -0.336. The van der Waals surface area contributed by atoms with E-state index in [9.17, 15) is 4.79 Å². The number of rotatable bonds is 5. The fourth-order valence-corrected chi connectivity index (χ4v) is 2.36. The Hall–Kier alpha value is -3.33. The fraction of sp³-hybridized carbons (Fsp3) is 0.0455. The zero-order valence-corrected chi connectivity index (χ0v) is 13.9. The van der Waals surface area contributed by atoms with Crippen molar-refractivity contribution in [2.75, 3.05) is 7.11 Å². The predicted octanol–water partition coefficient (Wildman–Crippen LogP) is 5.44. The average molecular weight is 330 g/mol. The molecule has 0 aliphatic rings. The number of hydrogen-bond acceptors (Lipinski definition) is 3. The summed E-state index contributed by atoms with van der Waals surface area (Å²) >= 11 is 0. The van der Waals surface area contributed by atoms with Crippen molar-refractivity contribution in [2.45, 2.75) is 0 Å². The second-order valence-electron chi connectivity index (χ2n) is 5.40. The van der Waals surface area contributed by atoms with E-state index in [2.05, 4.69) is 0 Å². The maximum absolute atomic E-state index is 11.5. The first-order chi connectivity index (χ1) is 12.3. The largest absolute Gasteiger partial charge is 0.465 e. The molecular weight excluding hydrogens is 312 g/mol. The molecule has 3 aromatic carbocycles. The molecular formula is C22H18O3.